The molecule has 0 spiro atoms. The fourth-order valence-electron chi connectivity index (χ4n) is 2.91. The van der Waals surface area contributed by atoms with Crippen molar-refractivity contribution in [2.24, 2.45) is 0 Å². The molecule has 6 nitrogen and oxygen atoms in total. The zero-order valence-corrected chi connectivity index (χ0v) is 16.4. The molecule has 28 heavy (non-hydrogen) atoms. The maximum atomic E-state index is 12.8. The average molecular weight is 414 g/mol. The zero-order chi connectivity index (χ0) is 19.7. The van der Waals surface area contributed by atoms with Crippen LogP contribution in [0.5, 0.6) is 5.75 Å². The van der Waals surface area contributed by atoms with Gasteiger partial charge in [-0.05, 0) is 29.8 Å². The van der Waals surface area contributed by atoms with Crippen LogP contribution in [0.25, 0.3) is 22.0 Å². The van der Waals surface area contributed by atoms with Crippen LogP contribution < -0.4 is 9.46 Å². The number of methoxy groups -OCH3 is 1. The van der Waals surface area contributed by atoms with E-state index in [4.69, 9.17) is 16.3 Å². The Labute approximate surface area is 167 Å². The third-order valence-corrected chi connectivity index (χ3v) is 5.97. The molecule has 4 aromatic rings. The summed E-state index contributed by atoms with van der Waals surface area (Å²) in [6, 6.07) is 19.4. The highest BCUT2D eigenvalue weighted by atomic mass is 35.5. The van der Waals surface area contributed by atoms with Gasteiger partial charge in [-0.3, -0.25) is 9.82 Å². The maximum Gasteiger partial charge on any atom is 0.263 e. The Balaban J connectivity index is 1.77. The van der Waals surface area contributed by atoms with Gasteiger partial charge < -0.3 is 4.74 Å². The molecule has 0 unspecified atom stereocenters. The van der Waals surface area contributed by atoms with E-state index in [0.717, 1.165) is 11.1 Å². The third kappa shape index (κ3) is 3.42. The van der Waals surface area contributed by atoms with Crippen LogP contribution in [-0.2, 0) is 10.0 Å². The Morgan fingerprint density at radius 2 is 1.82 bits per heavy atom. The fraction of sp³-hybridized carbons (Fsp3) is 0.0500. The first-order valence-corrected chi connectivity index (χ1v) is 10.2. The smallest absolute Gasteiger partial charge is 0.263 e. The van der Waals surface area contributed by atoms with Crippen molar-refractivity contribution in [1.82, 2.24) is 10.2 Å². The molecule has 3 aromatic carbocycles. The van der Waals surface area contributed by atoms with E-state index < -0.39 is 10.0 Å². The quantitative estimate of drug-likeness (QED) is 0.497. The number of sulfonamides is 1. The summed E-state index contributed by atoms with van der Waals surface area (Å²) in [5.41, 5.74) is 2.35. The number of fused-ring (bicyclic) bond motifs is 1. The Morgan fingerprint density at radius 1 is 1.04 bits per heavy atom. The Kier molecular flexibility index (Phi) is 4.70. The number of nitrogens with zero attached hydrogens (tertiary/aromatic N) is 1. The predicted octanol–water partition coefficient (Wildman–Crippen LogP) is 4.69. The first-order chi connectivity index (χ1) is 13.5. The van der Waals surface area contributed by atoms with Crippen LogP contribution in [-0.4, -0.2) is 25.7 Å². The topological polar surface area (TPSA) is 84.1 Å². The number of hydrogen-bond acceptors (Lipinski definition) is 4. The van der Waals surface area contributed by atoms with Crippen molar-refractivity contribution in [2.75, 3.05) is 11.8 Å². The molecule has 4 rings (SSSR count). The van der Waals surface area contributed by atoms with Crippen LogP contribution in [0.3, 0.4) is 0 Å². The van der Waals surface area contributed by atoms with Crippen molar-refractivity contribution in [3.63, 3.8) is 0 Å². The van der Waals surface area contributed by atoms with Gasteiger partial charge in [-0.2, -0.15) is 5.10 Å². The summed E-state index contributed by atoms with van der Waals surface area (Å²) in [6.45, 7) is 0. The molecule has 0 saturated carbocycles. The lowest BCUT2D eigenvalue weighted by molar-refractivity contribution is 0.413. The third-order valence-electron chi connectivity index (χ3n) is 4.32. The monoisotopic (exact) mass is 413 g/mol. The van der Waals surface area contributed by atoms with E-state index in [-0.39, 0.29) is 10.7 Å². The lowest BCUT2D eigenvalue weighted by Gasteiger charge is -2.09. The lowest BCUT2D eigenvalue weighted by atomic mass is 10.0. The SMILES string of the molecule is COc1cccc(S(=O)(=O)Nc2n[nH]c3cc(Cl)c(-c4ccccc4)cc23)c1. The maximum absolute atomic E-state index is 12.8. The Bertz CT molecular complexity index is 1250. The molecule has 142 valence electrons. The van der Waals surface area contributed by atoms with Gasteiger partial charge in [0.2, 0.25) is 0 Å². The minimum absolute atomic E-state index is 0.0836. The molecular formula is C20H16ClN3O3S. The highest BCUT2D eigenvalue weighted by Gasteiger charge is 2.19. The molecule has 0 saturated heterocycles. The van der Waals surface area contributed by atoms with Crippen LogP contribution in [0.15, 0.2) is 71.6 Å². The molecule has 8 heteroatoms. The lowest BCUT2D eigenvalue weighted by Crippen LogP contribution is -2.13. The van der Waals surface area contributed by atoms with E-state index in [0.29, 0.717) is 21.7 Å². The van der Waals surface area contributed by atoms with Crippen molar-refractivity contribution in [3.8, 4) is 16.9 Å². The molecule has 0 bridgehead atoms. The van der Waals surface area contributed by atoms with Gasteiger partial charge in [-0.25, -0.2) is 8.42 Å². The molecule has 0 aliphatic heterocycles. The summed E-state index contributed by atoms with van der Waals surface area (Å²) in [7, 11) is -2.36. The summed E-state index contributed by atoms with van der Waals surface area (Å²) in [5, 5.41) is 8.10. The van der Waals surface area contributed by atoms with Crippen molar-refractivity contribution in [2.45, 2.75) is 4.90 Å². The van der Waals surface area contributed by atoms with Gasteiger partial charge in [0.25, 0.3) is 10.0 Å². The van der Waals surface area contributed by atoms with Crippen LogP contribution >= 0.6 is 11.6 Å². The Morgan fingerprint density at radius 3 is 2.57 bits per heavy atom. The van der Waals surface area contributed by atoms with E-state index in [1.165, 1.54) is 19.2 Å². The number of anilines is 1. The molecule has 0 atom stereocenters. The number of H-pyrrole nitrogens is 1. The van der Waals surface area contributed by atoms with Crippen molar-refractivity contribution in [1.29, 1.82) is 0 Å². The number of aromatic nitrogens is 2. The number of aromatic amines is 1. The normalized spacial score (nSPS) is 11.5. The van der Waals surface area contributed by atoms with Crippen molar-refractivity contribution >= 4 is 38.3 Å². The van der Waals surface area contributed by atoms with Crippen LogP contribution in [0.2, 0.25) is 5.02 Å². The summed E-state index contributed by atoms with van der Waals surface area (Å²) in [4.78, 5) is 0.0836. The molecule has 0 fully saturated rings. The van der Waals surface area contributed by atoms with Gasteiger partial charge in [0.15, 0.2) is 5.82 Å². The van der Waals surface area contributed by atoms with E-state index in [9.17, 15) is 8.42 Å². The van der Waals surface area contributed by atoms with Crippen LogP contribution in [0.1, 0.15) is 0 Å². The molecule has 0 amide bonds. The highest BCUT2D eigenvalue weighted by Crippen LogP contribution is 2.34. The average Bonchev–Trinajstić information content (AvgIpc) is 3.09. The number of benzene rings is 3. The predicted molar refractivity (Wildman–Crippen MR) is 110 cm³/mol. The van der Waals surface area contributed by atoms with Crippen molar-refractivity contribution in [3.05, 3.63) is 71.8 Å². The molecule has 1 heterocycles. The number of rotatable bonds is 5. The van der Waals surface area contributed by atoms with Gasteiger partial charge in [0.1, 0.15) is 5.75 Å². The van der Waals surface area contributed by atoms with Gasteiger partial charge in [0, 0.05) is 17.0 Å². The van der Waals surface area contributed by atoms with E-state index >= 15 is 0 Å². The summed E-state index contributed by atoms with van der Waals surface area (Å²) in [5.74, 6) is 0.652. The first kappa shape index (κ1) is 18.3. The highest BCUT2D eigenvalue weighted by molar-refractivity contribution is 7.92. The summed E-state index contributed by atoms with van der Waals surface area (Å²) in [6.07, 6.45) is 0. The van der Waals surface area contributed by atoms with Crippen LogP contribution in [0, 0.1) is 0 Å². The van der Waals surface area contributed by atoms with Crippen molar-refractivity contribution < 1.29 is 13.2 Å². The zero-order valence-electron chi connectivity index (χ0n) is 14.8. The van der Waals surface area contributed by atoms with Gasteiger partial charge in [-0.15, -0.1) is 0 Å². The number of hydrogen-bond donors (Lipinski definition) is 2. The van der Waals surface area contributed by atoms with Crippen LogP contribution in [0.4, 0.5) is 5.82 Å². The van der Waals surface area contributed by atoms with Gasteiger partial charge >= 0.3 is 0 Å². The second kappa shape index (κ2) is 7.18. The molecular weight excluding hydrogens is 398 g/mol. The summed E-state index contributed by atoms with van der Waals surface area (Å²) >= 11 is 6.41. The molecule has 0 aliphatic rings. The van der Waals surface area contributed by atoms with E-state index in [2.05, 4.69) is 14.9 Å². The minimum atomic E-state index is -3.84. The Hall–Kier alpha value is -3.03. The summed E-state index contributed by atoms with van der Waals surface area (Å²) < 4.78 is 33.2. The van der Waals surface area contributed by atoms with Gasteiger partial charge in [-0.1, -0.05) is 48.0 Å². The molecule has 2 N–H and O–H groups in total. The second-order valence-corrected chi connectivity index (χ2v) is 8.19. The second-order valence-electron chi connectivity index (χ2n) is 6.10. The molecule has 1 aromatic heterocycles. The van der Waals surface area contributed by atoms with Gasteiger partial charge in [0.05, 0.1) is 22.5 Å². The van der Waals surface area contributed by atoms with E-state index in [1.807, 2.05) is 36.4 Å². The fourth-order valence-corrected chi connectivity index (χ4v) is 4.24. The largest absolute Gasteiger partial charge is 0.497 e. The van der Waals surface area contributed by atoms with E-state index in [1.54, 1.807) is 18.2 Å². The molecule has 0 aliphatic carbocycles. The standard InChI is InChI=1S/C20H16ClN3O3S/c1-27-14-8-5-9-15(10-14)28(25,26)24-20-17-11-16(13-6-3-2-4-7-13)18(21)12-19(17)22-23-20/h2-12H,1H3,(H2,22,23,24). The number of ether oxygens (including phenoxy) is 1. The minimum Gasteiger partial charge on any atom is -0.497 e. The number of halogens is 1. The first-order valence-electron chi connectivity index (χ1n) is 8.38. The molecule has 0 radical (unpaired) electrons. The number of nitrogens with one attached hydrogen (secondary N) is 2.